The van der Waals surface area contributed by atoms with Crippen molar-refractivity contribution in [2.75, 3.05) is 11.6 Å². The molecule has 0 amide bonds. The zero-order chi connectivity index (χ0) is 15.4. The number of nitrogens with one attached hydrogen (secondary N) is 1. The Morgan fingerprint density at radius 2 is 2.10 bits per heavy atom. The third-order valence-corrected chi connectivity index (χ3v) is 5.25. The van der Waals surface area contributed by atoms with E-state index in [1.54, 1.807) is 11.7 Å². The standard InChI is InChI=1S/C14H24N4O2S/c1-4-5-12-13(18(19)20)14(17(2)16-12)15-10-6-8-11(21-3)9-7-10/h10-11,15H,4-9H2,1-3H3. The maximum Gasteiger partial charge on any atom is 0.333 e. The van der Waals surface area contributed by atoms with Crippen LogP contribution in [0.5, 0.6) is 0 Å². The maximum absolute atomic E-state index is 11.4. The van der Waals surface area contributed by atoms with Gasteiger partial charge in [0.05, 0.1) is 4.92 Å². The number of anilines is 1. The first-order chi connectivity index (χ1) is 10.1. The van der Waals surface area contributed by atoms with Crippen molar-refractivity contribution in [3.63, 3.8) is 0 Å². The summed E-state index contributed by atoms with van der Waals surface area (Å²) >= 11 is 1.92. The van der Waals surface area contributed by atoms with Gasteiger partial charge in [0.2, 0.25) is 5.82 Å². The SMILES string of the molecule is CCCc1nn(C)c(NC2CCC(SC)CC2)c1[N+](=O)[O-]. The largest absolute Gasteiger partial charge is 0.362 e. The Labute approximate surface area is 129 Å². The molecule has 1 N–H and O–H groups in total. The second-order valence-corrected chi connectivity index (χ2v) is 6.77. The second kappa shape index (κ2) is 7.15. The highest BCUT2D eigenvalue weighted by molar-refractivity contribution is 7.99. The fourth-order valence-electron chi connectivity index (χ4n) is 2.96. The Kier molecular flexibility index (Phi) is 5.50. The highest BCUT2D eigenvalue weighted by atomic mass is 32.2. The van der Waals surface area contributed by atoms with Gasteiger partial charge >= 0.3 is 5.69 Å². The van der Waals surface area contributed by atoms with E-state index < -0.39 is 0 Å². The maximum atomic E-state index is 11.4. The van der Waals surface area contributed by atoms with Crippen molar-refractivity contribution in [1.29, 1.82) is 0 Å². The van der Waals surface area contributed by atoms with Gasteiger partial charge in [-0.2, -0.15) is 16.9 Å². The average Bonchev–Trinajstić information content (AvgIpc) is 2.76. The van der Waals surface area contributed by atoms with E-state index in [1.165, 1.54) is 12.8 Å². The molecule has 2 rings (SSSR count). The number of rotatable bonds is 6. The van der Waals surface area contributed by atoms with Crippen molar-refractivity contribution in [2.24, 2.45) is 7.05 Å². The van der Waals surface area contributed by atoms with E-state index in [0.29, 0.717) is 24.0 Å². The molecule has 0 unspecified atom stereocenters. The summed E-state index contributed by atoms with van der Waals surface area (Å²) < 4.78 is 1.63. The van der Waals surface area contributed by atoms with Gasteiger partial charge < -0.3 is 5.32 Å². The molecule has 6 nitrogen and oxygen atoms in total. The number of aromatic nitrogens is 2. The Balaban J connectivity index is 2.14. The average molecular weight is 312 g/mol. The third kappa shape index (κ3) is 3.70. The summed E-state index contributed by atoms with van der Waals surface area (Å²) in [6.45, 7) is 2.01. The molecule has 1 aromatic rings. The quantitative estimate of drug-likeness (QED) is 0.644. The third-order valence-electron chi connectivity index (χ3n) is 4.11. The Morgan fingerprint density at radius 1 is 1.43 bits per heavy atom. The summed E-state index contributed by atoms with van der Waals surface area (Å²) in [5, 5.41) is 19.8. The van der Waals surface area contributed by atoms with Crippen LogP contribution in [0.4, 0.5) is 11.5 Å². The zero-order valence-electron chi connectivity index (χ0n) is 13.0. The van der Waals surface area contributed by atoms with Crippen LogP contribution < -0.4 is 5.32 Å². The van der Waals surface area contributed by atoms with Crippen molar-refractivity contribution in [2.45, 2.75) is 56.7 Å². The normalized spacial score (nSPS) is 22.2. The Bertz CT molecular complexity index is 495. The lowest BCUT2D eigenvalue weighted by atomic mass is 9.95. The first-order valence-electron chi connectivity index (χ1n) is 7.56. The molecule has 21 heavy (non-hydrogen) atoms. The monoisotopic (exact) mass is 312 g/mol. The topological polar surface area (TPSA) is 73.0 Å². The van der Waals surface area contributed by atoms with Gasteiger partial charge in [0, 0.05) is 18.3 Å². The predicted octanol–water partition coefficient (Wildman–Crippen LogP) is 3.37. The Morgan fingerprint density at radius 3 is 2.62 bits per heavy atom. The summed E-state index contributed by atoms with van der Waals surface area (Å²) in [6.07, 6.45) is 8.13. The smallest absolute Gasteiger partial charge is 0.333 e. The van der Waals surface area contributed by atoms with Gasteiger partial charge in [-0.15, -0.1) is 0 Å². The van der Waals surface area contributed by atoms with Crippen LogP contribution in [0.15, 0.2) is 0 Å². The van der Waals surface area contributed by atoms with Crippen LogP contribution in [0.2, 0.25) is 0 Å². The van der Waals surface area contributed by atoms with Crippen molar-refractivity contribution in [1.82, 2.24) is 9.78 Å². The molecule has 1 heterocycles. The predicted molar refractivity (Wildman–Crippen MR) is 87.0 cm³/mol. The van der Waals surface area contributed by atoms with Crippen molar-refractivity contribution in [3.05, 3.63) is 15.8 Å². The van der Waals surface area contributed by atoms with Gasteiger partial charge in [-0.3, -0.25) is 10.1 Å². The molecule has 0 spiro atoms. The number of nitro groups is 1. The molecular formula is C14H24N4O2S. The number of hydrogen-bond acceptors (Lipinski definition) is 5. The van der Waals surface area contributed by atoms with E-state index in [4.69, 9.17) is 0 Å². The highest BCUT2D eigenvalue weighted by Crippen LogP contribution is 2.33. The molecule has 1 aliphatic rings. The van der Waals surface area contributed by atoms with Crippen LogP contribution >= 0.6 is 11.8 Å². The fraction of sp³-hybridized carbons (Fsp3) is 0.786. The van der Waals surface area contributed by atoms with Crippen LogP contribution in [0, 0.1) is 10.1 Å². The van der Waals surface area contributed by atoms with Crippen molar-refractivity contribution < 1.29 is 4.92 Å². The first kappa shape index (κ1) is 16.1. The molecule has 0 radical (unpaired) electrons. The minimum atomic E-state index is -0.298. The number of hydrogen-bond donors (Lipinski definition) is 1. The molecule has 1 fully saturated rings. The lowest BCUT2D eigenvalue weighted by molar-refractivity contribution is -0.384. The minimum absolute atomic E-state index is 0.159. The van der Waals surface area contributed by atoms with Gasteiger partial charge in [0.1, 0.15) is 5.69 Å². The molecule has 1 aromatic heterocycles. The summed E-state index contributed by atoms with van der Waals surface area (Å²) in [4.78, 5) is 11.1. The van der Waals surface area contributed by atoms with Gasteiger partial charge in [-0.05, 0) is 38.4 Å². The second-order valence-electron chi connectivity index (χ2n) is 5.63. The van der Waals surface area contributed by atoms with Crippen LogP contribution in [0.1, 0.15) is 44.7 Å². The van der Waals surface area contributed by atoms with Crippen molar-refractivity contribution in [3.8, 4) is 0 Å². The van der Waals surface area contributed by atoms with E-state index in [1.807, 2.05) is 18.7 Å². The lowest BCUT2D eigenvalue weighted by Crippen LogP contribution is -2.28. The molecule has 0 bridgehead atoms. The molecular weight excluding hydrogens is 288 g/mol. The number of aryl methyl sites for hydroxylation is 2. The molecule has 0 atom stereocenters. The fourth-order valence-corrected chi connectivity index (χ4v) is 3.71. The van der Waals surface area contributed by atoms with E-state index in [-0.39, 0.29) is 10.6 Å². The Hall–Kier alpha value is -1.24. The molecule has 7 heteroatoms. The summed E-state index contributed by atoms with van der Waals surface area (Å²) in [5.41, 5.74) is 0.747. The van der Waals surface area contributed by atoms with Crippen LogP contribution in [-0.4, -0.2) is 32.3 Å². The highest BCUT2D eigenvalue weighted by Gasteiger charge is 2.29. The van der Waals surface area contributed by atoms with Gasteiger partial charge in [0.25, 0.3) is 0 Å². The summed E-state index contributed by atoms with van der Waals surface area (Å²) in [5.74, 6) is 0.566. The van der Waals surface area contributed by atoms with Gasteiger partial charge in [-0.1, -0.05) is 13.3 Å². The van der Waals surface area contributed by atoms with Crippen LogP contribution in [0.3, 0.4) is 0 Å². The van der Waals surface area contributed by atoms with Crippen LogP contribution in [-0.2, 0) is 13.5 Å². The van der Waals surface area contributed by atoms with E-state index in [2.05, 4.69) is 16.7 Å². The minimum Gasteiger partial charge on any atom is -0.362 e. The molecule has 0 saturated heterocycles. The van der Waals surface area contributed by atoms with Gasteiger partial charge in [-0.25, -0.2) is 4.68 Å². The van der Waals surface area contributed by atoms with E-state index in [0.717, 1.165) is 24.5 Å². The molecule has 0 aromatic carbocycles. The van der Waals surface area contributed by atoms with E-state index in [9.17, 15) is 10.1 Å². The molecule has 0 aliphatic heterocycles. The van der Waals surface area contributed by atoms with Crippen LogP contribution in [0.25, 0.3) is 0 Å². The molecule has 118 valence electrons. The number of thioether (sulfide) groups is 1. The first-order valence-corrected chi connectivity index (χ1v) is 8.85. The summed E-state index contributed by atoms with van der Waals surface area (Å²) in [6, 6.07) is 0.317. The zero-order valence-corrected chi connectivity index (χ0v) is 13.8. The molecule has 1 aliphatic carbocycles. The summed E-state index contributed by atoms with van der Waals surface area (Å²) in [7, 11) is 1.78. The van der Waals surface area contributed by atoms with Gasteiger partial charge in [0.15, 0.2) is 0 Å². The van der Waals surface area contributed by atoms with E-state index >= 15 is 0 Å². The van der Waals surface area contributed by atoms with Crippen molar-refractivity contribution >= 4 is 23.3 Å². The lowest BCUT2D eigenvalue weighted by Gasteiger charge is -2.28. The number of nitrogens with zero attached hydrogens (tertiary/aromatic N) is 3. The molecule has 1 saturated carbocycles.